The van der Waals surface area contributed by atoms with Gasteiger partial charge in [-0.1, -0.05) is 32.0 Å². The van der Waals surface area contributed by atoms with Crippen molar-refractivity contribution < 1.29 is 13.9 Å². The predicted octanol–water partition coefficient (Wildman–Crippen LogP) is 4.88. The number of likely N-dealkylation sites (tertiary alicyclic amines) is 1. The molecule has 1 fully saturated rings. The van der Waals surface area contributed by atoms with E-state index in [1.165, 1.54) is 6.07 Å². The zero-order chi connectivity index (χ0) is 20.8. The minimum atomic E-state index is -0.151. The highest BCUT2D eigenvalue weighted by atomic mass is 19.1. The highest BCUT2D eigenvalue weighted by Crippen LogP contribution is 2.28. The molecule has 3 rings (SSSR count). The molecule has 1 aliphatic heterocycles. The first-order valence-electron chi connectivity index (χ1n) is 10.4. The summed E-state index contributed by atoms with van der Waals surface area (Å²) in [6, 6.07) is 14.8. The first-order chi connectivity index (χ1) is 14.0. The van der Waals surface area contributed by atoms with Gasteiger partial charge in [-0.3, -0.25) is 9.69 Å². The average Bonchev–Trinajstić information content (AvgIpc) is 2.71. The van der Waals surface area contributed by atoms with Crippen molar-refractivity contribution in [1.29, 1.82) is 0 Å². The molecule has 0 aromatic heterocycles. The second-order valence-electron chi connectivity index (χ2n) is 8.16. The first-order valence-corrected chi connectivity index (χ1v) is 10.4. The van der Waals surface area contributed by atoms with Gasteiger partial charge in [0.05, 0.1) is 7.11 Å². The molecule has 0 radical (unpaired) electrons. The number of rotatable bonds is 7. The molecule has 1 aliphatic rings. The summed E-state index contributed by atoms with van der Waals surface area (Å²) < 4.78 is 19.2. The number of methoxy groups -OCH3 is 1. The fourth-order valence-electron chi connectivity index (χ4n) is 3.95. The smallest absolute Gasteiger partial charge is 0.227 e. The second kappa shape index (κ2) is 9.88. The number of carbonyl (C=O) groups excluding carboxylic acids is 1. The Kier molecular flexibility index (Phi) is 7.26. The third-order valence-corrected chi connectivity index (χ3v) is 5.48. The van der Waals surface area contributed by atoms with E-state index in [1.54, 1.807) is 13.2 Å². The fraction of sp³-hybridized carbons (Fsp3) is 0.458. The van der Waals surface area contributed by atoms with Gasteiger partial charge in [0.15, 0.2) is 0 Å². The largest absolute Gasteiger partial charge is 0.497 e. The number of benzene rings is 2. The normalized spacial score (nSPS) is 15.5. The molecule has 1 saturated heterocycles. The molecule has 0 aliphatic carbocycles. The first kappa shape index (κ1) is 21.3. The van der Waals surface area contributed by atoms with Crippen LogP contribution in [0, 0.1) is 11.7 Å². The Morgan fingerprint density at radius 2 is 1.79 bits per heavy atom. The Hall–Kier alpha value is -2.40. The maximum absolute atomic E-state index is 14.0. The van der Waals surface area contributed by atoms with Gasteiger partial charge in [-0.2, -0.15) is 0 Å². The van der Waals surface area contributed by atoms with Gasteiger partial charge >= 0.3 is 0 Å². The second-order valence-corrected chi connectivity index (χ2v) is 8.16. The molecule has 0 bridgehead atoms. The van der Waals surface area contributed by atoms with E-state index in [-0.39, 0.29) is 17.8 Å². The summed E-state index contributed by atoms with van der Waals surface area (Å²) >= 11 is 0. The third kappa shape index (κ3) is 5.57. The van der Waals surface area contributed by atoms with E-state index in [4.69, 9.17) is 4.74 Å². The van der Waals surface area contributed by atoms with Crippen molar-refractivity contribution >= 4 is 11.6 Å². The van der Waals surface area contributed by atoms with Gasteiger partial charge in [0.25, 0.3) is 0 Å². The molecule has 5 heteroatoms. The number of anilines is 1. The van der Waals surface area contributed by atoms with E-state index in [0.29, 0.717) is 18.9 Å². The van der Waals surface area contributed by atoms with Gasteiger partial charge in [0.1, 0.15) is 11.6 Å². The average molecular weight is 399 g/mol. The van der Waals surface area contributed by atoms with Crippen molar-refractivity contribution in [1.82, 2.24) is 4.90 Å². The topological polar surface area (TPSA) is 32.8 Å². The molecule has 0 spiro atoms. The van der Waals surface area contributed by atoms with Crippen LogP contribution in [0.25, 0.3) is 0 Å². The number of nitrogens with zero attached hydrogens (tertiary/aromatic N) is 2. The van der Waals surface area contributed by atoms with Crippen molar-refractivity contribution in [2.45, 2.75) is 45.7 Å². The van der Waals surface area contributed by atoms with Crippen molar-refractivity contribution in [2.24, 2.45) is 5.92 Å². The number of piperidine rings is 1. The fourth-order valence-corrected chi connectivity index (χ4v) is 3.95. The van der Waals surface area contributed by atoms with Crippen molar-refractivity contribution in [3.8, 4) is 5.75 Å². The number of halogens is 1. The van der Waals surface area contributed by atoms with E-state index in [9.17, 15) is 9.18 Å². The Morgan fingerprint density at radius 1 is 1.14 bits per heavy atom. The Labute approximate surface area is 173 Å². The molecule has 156 valence electrons. The summed E-state index contributed by atoms with van der Waals surface area (Å²) in [7, 11) is 1.64. The lowest BCUT2D eigenvalue weighted by Gasteiger charge is -2.39. The molecule has 1 heterocycles. The van der Waals surface area contributed by atoms with E-state index < -0.39 is 0 Å². The van der Waals surface area contributed by atoms with Crippen LogP contribution in [0.2, 0.25) is 0 Å². The summed E-state index contributed by atoms with van der Waals surface area (Å²) in [4.78, 5) is 17.3. The van der Waals surface area contributed by atoms with E-state index >= 15 is 0 Å². The summed E-state index contributed by atoms with van der Waals surface area (Å²) in [5.41, 5.74) is 1.65. The molecule has 0 atom stereocenters. The summed E-state index contributed by atoms with van der Waals surface area (Å²) in [6.45, 7) is 6.45. The molecule has 0 N–H and O–H groups in total. The van der Waals surface area contributed by atoms with Crippen LogP contribution < -0.4 is 9.64 Å². The molecule has 1 amide bonds. The van der Waals surface area contributed by atoms with Gasteiger partial charge < -0.3 is 9.64 Å². The predicted molar refractivity (Wildman–Crippen MR) is 115 cm³/mol. The minimum Gasteiger partial charge on any atom is -0.497 e. The van der Waals surface area contributed by atoms with Gasteiger partial charge in [-0.05, 0) is 49.1 Å². The quantitative estimate of drug-likeness (QED) is 0.667. The SMILES string of the molecule is COc1ccc(N(C(=O)CC(C)C)C2CCN(Cc3ccccc3F)CC2)cc1. The van der Waals surface area contributed by atoms with Crippen molar-refractivity contribution in [3.63, 3.8) is 0 Å². The molecular weight excluding hydrogens is 367 g/mol. The molecule has 2 aromatic carbocycles. The Morgan fingerprint density at radius 3 is 2.38 bits per heavy atom. The third-order valence-electron chi connectivity index (χ3n) is 5.48. The monoisotopic (exact) mass is 398 g/mol. The summed E-state index contributed by atoms with van der Waals surface area (Å²) in [5.74, 6) is 1.11. The standard InChI is InChI=1S/C24H31FN2O2/c1-18(2)16-24(28)27(20-8-10-22(29-3)11-9-20)21-12-14-26(15-13-21)17-19-6-4-5-7-23(19)25/h4-11,18,21H,12-17H2,1-3H3. The van der Waals surface area contributed by atoms with Crippen LogP contribution in [-0.2, 0) is 11.3 Å². The van der Waals surface area contributed by atoms with Gasteiger partial charge in [-0.25, -0.2) is 4.39 Å². The lowest BCUT2D eigenvalue weighted by atomic mass is 9.99. The highest BCUT2D eigenvalue weighted by Gasteiger charge is 2.29. The minimum absolute atomic E-state index is 0.151. The molecule has 29 heavy (non-hydrogen) atoms. The van der Waals surface area contributed by atoms with Crippen LogP contribution in [0.5, 0.6) is 5.75 Å². The van der Waals surface area contributed by atoms with E-state index in [0.717, 1.165) is 42.9 Å². The Balaban J connectivity index is 1.70. The van der Waals surface area contributed by atoms with Crippen LogP contribution in [0.15, 0.2) is 48.5 Å². The van der Waals surface area contributed by atoms with E-state index in [1.807, 2.05) is 41.3 Å². The van der Waals surface area contributed by atoms with Crippen molar-refractivity contribution in [3.05, 3.63) is 59.9 Å². The molecule has 4 nitrogen and oxygen atoms in total. The van der Waals surface area contributed by atoms with Crippen LogP contribution in [0.3, 0.4) is 0 Å². The Bertz CT molecular complexity index is 799. The molecular formula is C24H31FN2O2. The van der Waals surface area contributed by atoms with Crippen LogP contribution in [0.4, 0.5) is 10.1 Å². The van der Waals surface area contributed by atoms with Crippen LogP contribution in [-0.4, -0.2) is 37.0 Å². The number of amides is 1. The van der Waals surface area contributed by atoms with Gasteiger partial charge in [0.2, 0.25) is 5.91 Å². The maximum atomic E-state index is 14.0. The van der Waals surface area contributed by atoms with Crippen LogP contribution >= 0.6 is 0 Å². The van der Waals surface area contributed by atoms with Crippen LogP contribution in [0.1, 0.15) is 38.7 Å². The molecule has 0 unspecified atom stereocenters. The zero-order valence-electron chi connectivity index (χ0n) is 17.6. The van der Waals surface area contributed by atoms with E-state index in [2.05, 4.69) is 18.7 Å². The van der Waals surface area contributed by atoms with Crippen molar-refractivity contribution in [2.75, 3.05) is 25.1 Å². The van der Waals surface area contributed by atoms with Gasteiger partial charge in [-0.15, -0.1) is 0 Å². The number of carbonyl (C=O) groups is 1. The number of ether oxygens (including phenoxy) is 1. The number of hydrogen-bond donors (Lipinski definition) is 0. The lowest BCUT2D eigenvalue weighted by molar-refractivity contribution is -0.120. The molecule has 0 saturated carbocycles. The zero-order valence-corrected chi connectivity index (χ0v) is 17.6. The lowest BCUT2D eigenvalue weighted by Crippen LogP contribution is -2.47. The summed E-state index contributed by atoms with van der Waals surface area (Å²) in [5, 5.41) is 0. The molecule has 2 aromatic rings. The summed E-state index contributed by atoms with van der Waals surface area (Å²) in [6.07, 6.45) is 2.29. The van der Waals surface area contributed by atoms with Gasteiger partial charge in [0, 0.05) is 43.3 Å². The maximum Gasteiger partial charge on any atom is 0.227 e. The number of hydrogen-bond acceptors (Lipinski definition) is 3. The highest BCUT2D eigenvalue weighted by molar-refractivity contribution is 5.94.